The monoisotopic (exact) mass is 284 g/mol. The van der Waals surface area contributed by atoms with E-state index >= 15 is 0 Å². The Bertz CT molecular complexity index is 687. The Morgan fingerprint density at radius 2 is 2.00 bits per heavy atom. The number of H-pyrrole nitrogens is 1. The first-order valence-electron chi connectivity index (χ1n) is 6.94. The quantitative estimate of drug-likeness (QED) is 0.898. The summed E-state index contributed by atoms with van der Waals surface area (Å²) in [5.41, 5.74) is 0.531. The zero-order chi connectivity index (χ0) is 14.7. The summed E-state index contributed by atoms with van der Waals surface area (Å²) in [5.74, 6) is 0.571. The Morgan fingerprint density at radius 1 is 1.19 bits per heavy atom. The molecule has 2 aromatic heterocycles. The number of nitrogens with one attached hydrogen (secondary N) is 2. The minimum absolute atomic E-state index is 0.228. The summed E-state index contributed by atoms with van der Waals surface area (Å²) in [6, 6.07) is 8.18. The molecule has 1 aliphatic heterocycles. The van der Waals surface area contributed by atoms with Gasteiger partial charge in [0.1, 0.15) is 11.5 Å². The van der Waals surface area contributed by atoms with Crippen molar-refractivity contribution in [2.24, 2.45) is 0 Å². The number of amides is 1. The van der Waals surface area contributed by atoms with E-state index in [1.165, 1.54) is 18.9 Å². The van der Waals surface area contributed by atoms with Crippen molar-refractivity contribution in [1.29, 1.82) is 0 Å². The molecule has 1 amide bonds. The van der Waals surface area contributed by atoms with Gasteiger partial charge in [-0.15, -0.1) is 0 Å². The van der Waals surface area contributed by atoms with Gasteiger partial charge >= 0.3 is 0 Å². The number of aromatic amines is 1. The lowest BCUT2D eigenvalue weighted by Gasteiger charge is -2.16. The molecule has 1 fully saturated rings. The van der Waals surface area contributed by atoms with Gasteiger partial charge in [0.05, 0.1) is 11.9 Å². The number of anilines is 2. The molecule has 0 saturated carbocycles. The summed E-state index contributed by atoms with van der Waals surface area (Å²) in [4.78, 5) is 32.2. The Labute approximate surface area is 121 Å². The van der Waals surface area contributed by atoms with Crippen LogP contribution in [0.1, 0.15) is 23.3 Å². The van der Waals surface area contributed by atoms with Crippen LogP contribution in [0.2, 0.25) is 0 Å². The van der Waals surface area contributed by atoms with E-state index in [4.69, 9.17) is 0 Å². The van der Waals surface area contributed by atoms with Crippen molar-refractivity contribution in [1.82, 2.24) is 9.97 Å². The molecule has 0 spiro atoms. The first kappa shape index (κ1) is 13.4. The zero-order valence-electron chi connectivity index (χ0n) is 11.5. The number of nitrogens with zero attached hydrogens (tertiary/aromatic N) is 2. The van der Waals surface area contributed by atoms with Crippen LogP contribution in [0.15, 0.2) is 41.3 Å². The van der Waals surface area contributed by atoms with Crippen molar-refractivity contribution in [3.05, 3.63) is 52.6 Å². The van der Waals surface area contributed by atoms with Crippen LogP contribution < -0.4 is 15.8 Å². The highest BCUT2D eigenvalue weighted by Crippen LogP contribution is 2.19. The fraction of sp³-hybridized carbons (Fsp3) is 0.267. The molecule has 21 heavy (non-hydrogen) atoms. The summed E-state index contributed by atoms with van der Waals surface area (Å²) < 4.78 is 0. The number of hydrogen-bond donors (Lipinski definition) is 2. The van der Waals surface area contributed by atoms with Gasteiger partial charge in [-0.3, -0.25) is 9.59 Å². The largest absolute Gasteiger partial charge is 0.357 e. The summed E-state index contributed by atoms with van der Waals surface area (Å²) in [7, 11) is 0. The fourth-order valence-corrected chi connectivity index (χ4v) is 2.37. The van der Waals surface area contributed by atoms with Crippen LogP contribution in [-0.4, -0.2) is 29.0 Å². The van der Waals surface area contributed by atoms with E-state index in [-0.39, 0.29) is 17.2 Å². The topological polar surface area (TPSA) is 78.1 Å². The molecule has 0 unspecified atom stereocenters. The van der Waals surface area contributed by atoms with Crippen molar-refractivity contribution in [3.63, 3.8) is 0 Å². The maximum Gasteiger partial charge on any atom is 0.272 e. The number of carbonyl (C=O) groups is 1. The van der Waals surface area contributed by atoms with Gasteiger partial charge < -0.3 is 15.2 Å². The highest BCUT2D eigenvalue weighted by Gasteiger charge is 2.13. The maximum absolute atomic E-state index is 12.0. The van der Waals surface area contributed by atoms with Crippen molar-refractivity contribution < 1.29 is 4.79 Å². The first-order valence-corrected chi connectivity index (χ1v) is 6.94. The fourth-order valence-electron chi connectivity index (χ4n) is 2.37. The van der Waals surface area contributed by atoms with Crippen LogP contribution >= 0.6 is 0 Å². The summed E-state index contributed by atoms with van der Waals surface area (Å²) >= 11 is 0. The second-order valence-corrected chi connectivity index (χ2v) is 4.98. The molecule has 0 bridgehead atoms. The molecule has 3 rings (SSSR count). The molecule has 0 atom stereocenters. The summed E-state index contributed by atoms with van der Waals surface area (Å²) in [6.45, 7) is 2.06. The van der Waals surface area contributed by atoms with Crippen molar-refractivity contribution >= 4 is 17.4 Å². The van der Waals surface area contributed by atoms with Crippen LogP contribution in [0.4, 0.5) is 11.5 Å². The van der Waals surface area contributed by atoms with Gasteiger partial charge in [0, 0.05) is 19.2 Å². The maximum atomic E-state index is 12.0. The molecule has 0 aliphatic carbocycles. The molecule has 2 N–H and O–H groups in total. The smallest absolute Gasteiger partial charge is 0.272 e. The van der Waals surface area contributed by atoms with Gasteiger partial charge in [-0.2, -0.15) is 0 Å². The Hall–Kier alpha value is -2.63. The highest BCUT2D eigenvalue weighted by molar-refractivity contribution is 6.02. The standard InChI is InChI=1S/C15H16N4O2/c20-14-5-3-4-12(18-14)15(21)17-11-6-7-13(16-10-11)19-8-1-2-9-19/h3-7,10H,1-2,8-9H2,(H,17,21)(H,18,20). The molecule has 6 heteroatoms. The lowest BCUT2D eigenvalue weighted by atomic mass is 10.3. The third-order valence-electron chi connectivity index (χ3n) is 3.45. The number of rotatable bonds is 3. The highest BCUT2D eigenvalue weighted by atomic mass is 16.2. The number of carbonyl (C=O) groups excluding carboxylic acids is 1. The molecule has 6 nitrogen and oxygen atoms in total. The molecule has 2 aromatic rings. The molecule has 1 saturated heterocycles. The molecule has 0 aromatic carbocycles. The Morgan fingerprint density at radius 3 is 2.67 bits per heavy atom. The summed E-state index contributed by atoms with van der Waals surface area (Å²) in [6.07, 6.45) is 4.02. The van der Waals surface area contributed by atoms with Gasteiger partial charge in [-0.05, 0) is 31.0 Å². The third kappa shape index (κ3) is 3.10. The van der Waals surface area contributed by atoms with Crippen molar-refractivity contribution in [2.45, 2.75) is 12.8 Å². The zero-order valence-corrected chi connectivity index (χ0v) is 11.5. The normalized spacial score (nSPS) is 14.2. The molecule has 1 aliphatic rings. The van der Waals surface area contributed by atoms with Crippen LogP contribution in [0.5, 0.6) is 0 Å². The molecule has 0 radical (unpaired) electrons. The van der Waals surface area contributed by atoms with Gasteiger partial charge in [0.15, 0.2) is 0 Å². The Kier molecular flexibility index (Phi) is 3.68. The minimum atomic E-state index is -0.358. The SMILES string of the molecule is O=C(Nc1ccc(N2CCCC2)nc1)c1cccc(=O)[nH]1. The van der Waals surface area contributed by atoms with E-state index in [9.17, 15) is 9.59 Å². The lowest BCUT2D eigenvalue weighted by molar-refractivity contribution is 0.102. The first-order chi connectivity index (χ1) is 10.2. The van der Waals surface area contributed by atoms with E-state index in [2.05, 4.69) is 20.2 Å². The van der Waals surface area contributed by atoms with Crippen LogP contribution in [0, 0.1) is 0 Å². The number of hydrogen-bond acceptors (Lipinski definition) is 4. The Balaban J connectivity index is 1.70. The molecular formula is C15H16N4O2. The number of aromatic nitrogens is 2. The third-order valence-corrected chi connectivity index (χ3v) is 3.45. The van der Waals surface area contributed by atoms with Crippen LogP contribution in [0.25, 0.3) is 0 Å². The van der Waals surface area contributed by atoms with E-state index in [1.54, 1.807) is 18.3 Å². The van der Waals surface area contributed by atoms with E-state index in [1.807, 2.05) is 12.1 Å². The van der Waals surface area contributed by atoms with Crippen molar-refractivity contribution in [2.75, 3.05) is 23.3 Å². The van der Waals surface area contributed by atoms with Crippen LogP contribution in [-0.2, 0) is 0 Å². The predicted octanol–water partition coefficient (Wildman–Crippen LogP) is 1.62. The molecule has 3 heterocycles. The summed E-state index contributed by atoms with van der Waals surface area (Å²) in [5, 5.41) is 2.71. The average molecular weight is 284 g/mol. The minimum Gasteiger partial charge on any atom is -0.357 e. The molecular weight excluding hydrogens is 268 g/mol. The molecule has 108 valence electrons. The second-order valence-electron chi connectivity index (χ2n) is 4.98. The lowest BCUT2D eigenvalue weighted by Crippen LogP contribution is -2.20. The second kappa shape index (κ2) is 5.78. The number of pyridine rings is 2. The van der Waals surface area contributed by atoms with E-state index in [0.717, 1.165) is 18.9 Å². The van der Waals surface area contributed by atoms with Gasteiger partial charge in [0.2, 0.25) is 5.56 Å². The average Bonchev–Trinajstić information content (AvgIpc) is 3.02. The van der Waals surface area contributed by atoms with Gasteiger partial charge in [-0.1, -0.05) is 6.07 Å². The van der Waals surface area contributed by atoms with Gasteiger partial charge in [-0.25, -0.2) is 4.98 Å². The van der Waals surface area contributed by atoms with E-state index < -0.39 is 0 Å². The van der Waals surface area contributed by atoms with Crippen LogP contribution in [0.3, 0.4) is 0 Å². The predicted molar refractivity (Wildman–Crippen MR) is 80.7 cm³/mol. The van der Waals surface area contributed by atoms with Gasteiger partial charge in [0.25, 0.3) is 5.91 Å². The van der Waals surface area contributed by atoms with E-state index in [0.29, 0.717) is 5.69 Å². The van der Waals surface area contributed by atoms with Crippen molar-refractivity contribution in [3.8, 4) is 0 Å².